The molecule has 8 heteroatoms. The Labute approximate surface area is 207 Å². The van der Waals surface area contributed by atoms with E-state index in [9.17, 15) is 9.59 Å². The third-order valence-corrected chi connectivity index (χ3v) is 7.22. The number of hydrogen-bond donors (Lipinski definition) is 1. The van der Waals surface area contributed by atoms with E-state index in [1.165, 1.54) is 48.2 Å². The lowest BCUT2D eigenvalue weighted by Gasteiger charge is -2.29. The Kier molecular flexibility index (Phi) is 6.37. The van der Waals surface area contributed by atoms with Crippen molar-refractivity contribution >= 4 is 39.5 Å². The number of carbonyl (C=O) groups is 2. The van der Waals surface area contributed by atoms with Gasteiger partial charge in [-0.3, -0.25) is 9.59 Å². The number of aromatic amines is 1. The van der Waals surface area contributed by atoms with E-state index in [1.54, 1.807) is 16.2 Å². The first-order chi connectivity index (χ1) is 17.1. The van der Waals surface area contributed by atoms with Crippen LogP contribution in [-0.2, 0) is 4.79 Å². The highest BCUT2D eigenvalue weighted by molar-refractivity contribution is 7.11. The van der Waals surface area contributed by atoms with Crippen LogP contribution < -0.4 is 9.47 Å². The molecule has 0 bridgehead atoms. The second-order valence-electron chi connectivity index (χ2n) is 8.23. The number of benzene rings is 1. The van der Waals surface area contributed by atoms with E-state index in [1.807, 2.05) is 18.2 Å². The number of pyridine rings is 1. The molecular formula is C27H25N3O4S. The number of likely N-dealkylation sites (tertiary alicyclic amines) is 1. The van der Waals surface area contributed by atoms with Gasteiger partial charge in [0.15, 0.2) is 0 Å². The fraction of sp³-hybridized carbons (Fsp3) is 0.222. The molecule has 1 saturated heterocycles. The fourth-order valence-corrected chi connectivity index (χ4v) is 5.46. The highest BCUT2D eigenvalue weighted by atomic mass is 32.1. The van der Waals surface area contributed by atoms with Crippen LogP contribution in [0.25, 0.3) is 16.5 Å². The number of thiophene rings is 1. The quantitative estimate of drug-likeness (QED) is 0.307. The molecule has 1 fully saturated rings. The van der Waals surface area contributed by atoms with Gasteiger partial charge in [0.05, 0.1) is 31.4 Å². The number of ether oxygens (including phenoxy) is 2. The lowest BCUT2D eigenvalue weighted by Crippen LogP contribution is -2.40. The van der Waals surface area contributed by atoms with Crippen LogP contribution >= 0.6 is 11.3 Å². The number of H-pyrrole nitrogens is 1. The third kappa shape index (κ3) is 4.21. The first kappa shape index (κ1) is 22.9. The van der Waals surface area contributed by atoms with E-state index in [2.05, 4.69) is 39.6 Å². The van der Waals surface area contributed by atoms with Gasteiger partial charge in [-0.25, -0.2) is 4.98 Å². The van der Waals surface area contributed by atoms with Crippen LogP contribution in [0, 0.1) is 0 Å². The van der Waals surface area contributed by atoms with Gasteiger partial charge in [-0.05, 0) is 35.4 Å². The topological polar surface area (TPSA) is 84.5 Å². The van der Waals surface area contributed by atoms with E-state index < -0.39 is 11.7 Å². The Morgan fingerprint density at radius 3 is 2.46 bits per heavy atom. The molecule has 178 valence electrons. The van der Waals surface area contributed by atoms with E-state index in [4.69, 9.17) is 9.47 Å². The average Bonchev–Trinajstić information content (AvgIpc) is 3.59. The molecule has 0 atom stereocenters. The van der Waals surface area contributed by atoms with E-state index >= 15 is 0 Å². The maximum atomic E-state index is 13.3. The molecule has 0 unspecified atom stereocenters. The third-order valence-electron chi connectivity index (χ3n) is 6.33. The molecule has 35 heavy (non-hydrogen) atoms. The Hall–Kier alpha value is -3.91. The minimum atomic E-state index is -0.572. The number of aromatic nitrogens is 2. The predicted molar refractivity (Wildman–Crippen MR) is 136 cm³/mol. The van der Waals surface area contributed by atoms with Crippen molar-refractivity contribution in [3.05, 3.63) is 81.8 Å². The van der Waals surface area contributed by atoms with Crippen molar-refractivity contribution in [2.45, 2.75) is 12.8 Å². The smallest absolute Gasteiger partial charge is 0.295 e. The summed E-state index contributed by atoms with van der Waals surface area (Å²) in [5, 5.41) is 2.58. The molecule has 0 radical (unpaired) electrons. The zero-order valence-electron chi connectivity index (χ0n) is 19.5. The van der Waals surface area contributed by atoms with E-state index in [0.29, 0.717) is 35.6 Å². The van der Waals surface area contributed by atoms with Crippen LogP contribution in [0.1, 0.15) is 33.6 Å². The Balaban J connectivity index is 1.40. The maximum absolute atomic E-state index is 13.3. The summed E-state index contributed by atoms with van der Waals surface area (Å²) in [6.45, 7) is 0.984. The summed E-state index contributed by atoms with van der Waals surface area (Å²) < 4.78 is 10.7. The first-order valence-corrected chi connectivity index (χ1v) is 12.2. The summed E-state index contributed by atoms with van der Waals surface area (Å²) in [6, 6.07) is 14.5. The summed E-state index contributed by atoms with van der Waals surface area (Å²) in [5.41, 5.74) is 4.50. The van der Waals surface area contributed by atoms with Crippen LogP contribution in [0.5, 0.6) is 11.6 Å². The molecule has 4 aromatic rings. The monoisotopic (exact) mass is 487 g/mol. The predicted octanol–water partition coefficient (Wildman–Crippen LogP) is 4.95. The zero-order chi connectivity index (χ0) is 24.4. The molecule has 1 N–H and O–H groups in total. The number of carbonyl (C=O) groups excluding carboxylic acids is 2. The largest absolute Gasteiger partial charge is 0.494 e. The number of hydrogen-bond acceptors (Lipinski definition) is 6. The number of Topliss-reactive ketones (excluding diaryl/α,β-unsaturated/α-hetero) is 1. The standard InChI is InChI=1S/C27H25N3O4S/c1-33-20-16-29-26(34-2)24-23(20)19(15-28-24)25(31)27(32)30-12-10-18(11-13-30)22(21-9-6-14-35-21)17-7-4-3-5-8-17/h3-9,14-16,28H,10-13H2,1-2H3. The van der Waals surface area contributed by atoms with Gasteiger partial charge in [-0.1, -0.05) is 42.0 Å². The minimum Gasteiger partial charge on any atom is -0.494 e. The average molecular weight is 488 g/mol. The number of ketones is 1. The second kappa shape index (κ2) is 9.76. The van der Waals surface area contributed by atoms with E-state index in [-0.39, 0.29) is 5.56 Å². The van der Waals surface area contributed by atoms with Crippen LogP contribution in [0.4, 0.5) is 0 Å². The lowest BCUT2D eigenvalue weighted by molar-refractivity contribution is -0.126. The van der Waals surface area contributed by atoms with Gasteiger partial charge >= 0.3 is 0 Å². The van der Waals surface area contributed by atoms with Crippen molar-refractivity contribution < 1.29 is 19.1 Å². The minimum absolute atomic E-state index is 0.257. The van der Waals surface area contributed by atoms with Crippen molar-refractivity contribution in [2.75, 3.05) is 27.3 Å². The normalized spacial score (nSPS) is 13.7. The Morgan fingerprint density at radius 2 is 1.80 bits per heavy atom. The Bertz CT molecular complexity index is 1400. The van der Waals surface area contributed by atoms with Gasteiger partial charge in [-0.15, -0.1) is 11.3 Å². The Morgan fingerprint density at radius 1 is 1.03 bits per heavy atom. The summed E-state index contributed by atoms with van der Waals surface area (Å²) in [4.78, 5) is 36.6. The first-order valence-electron chi connectivity index (χ1n) is 11.3. The van der Waals surface area contributed by atoms with Gasteiger partial charge in [0.2, 0.25) is 5.88 Å². The van der Waals surface area contributed by atoms with Gasteiger partial charge in [0, 0.05) is 24.2 Å². The summed E-state index contributed by atoms with van der Waals surface area (Å²) in [5.74, 6) is -0.343. The fourth-order valence-electron chi connectivity index (χ4n) is 4.62. The van der Waals surface area contributed by atoms with Gasteiger partial charge in [0.25, 0.3) is 11.7 Å². The molecule has 1 aromatic carbocycles. The van der Waals surface area contributed by atoms with Crippen molar-refractivity contribution in [3.8, 4) is 11.6 Å². The SMILES string of the molecule is COc1ncc(OC)c2c(C(=O)C(=O)N3CCC(=C(c4ccccc4)c4cccs4)CC3)c[nH]c12. The zero-order valence-corrected chi connectivity index (χ0v) is 20.4. The summed E-state index contributed by atoms with van der Waals surface area (Å²) in [7, 11) is 3.00. The number of methoxy groups -OCH3 is 2. The van der Waals surface area contributed by atoms with Gasteiger partial charge < -0.3 is 19.4 Å². The molecule has 3 aromatic heterocycles. The summed E-state index contributed by atoms with van der Waals surface area (Å²) in [6.07, 6.45) is 4.45. The molecule has 0 aliphatic carbocycles. The molecule has 5 rings (SSSR count). The highest BCUT2D eigenvalue weighted by Gasteiger charge is 2.30. The molecule has 0 spiro atoms. The van der Waals surface area contributed by atoms with Crippen molar-refractivity contribution in [1.82, 2.24) is 14.9 Å². The van der Waals surface area contributed by atoms with Crippen molar-refractivity contribution in [2.24, 2.45) is 0 Å². The van der Waals surface area contributed by atoms with Gasteiger partial charge in [0.1, 0.15) is 11.3 Å². The number of nitrogens with zero attached hydrogens (tertiary/aromatic N) is 2. The molecule has 0 saturated carbocycles. The lowest BCUT2D eigenvalue weighted by atomic mass is 9.92. The number of amides is 1. The highest BCUT2D eigenvalue weighted by Crippen LogP contribution is 2.36. The summed E-state index contributed by atoms with van der Waals surface area (Å²) >= 11 is 1.71. The number of fused-ring (bicyclic) bond motifs is 1. The molecule has 4 heterocycles. The number of rotatable bonds is 6. The van der Waals surface area contributed by atoms with Crippen LogP contribution in [-0.4, -0.2) is 53.9 Å². The number of nitrogens with one attached hydrogen (secondary N) is 1. The molecule has 1 amide bonds. The van der Waals surface area contributed by atoms with E-state index in [0.717, 1.165) is 12.8 Å². The maximum Gasteiger partial charge on any atom is 0.295 e. The van der Waals surface area contributed by atoms with Crippen LogP contribution in [0.3, 0.4) is 0 Å². The van der Waals surface area contributed by atoms with Gasteiger partial charge in [-0.2, -0.15) is 0 Å². The molecule has 7 nitrogen and oxygen atoms in total. The van der Waals surface area contributed by atoms with Crippen molar-refractivity contribution in [1.29, 1.82) is 0 Å². The second-order valence-corrected chi connectivity index (χ2v) is 9.18. The molecule has 1 aliphatic rings. The molecular weight excluding hydrogens is 462 g/mol. The number of piperidine rings is 1. The van der Waals surface area contributed by atoms with Crippen molar-refractivity contribution in [3.63, 3.8) is 0 Å². The van der Waals surface area contributed by atoms with Crippen LogP contribution in [0.15, 0.2) is 65.8 Å². The van der Waals surface area contributed by atoms with Crippen LogP contribution in [0.2, 0.25) is 0 Å². The molecule has 1 aliphatic heterocycles.